The van der Waals surface area contributed by atoms with Crippen LogP contribution in [0.5, 0.6) is 0 Å². The monoisotopic (exact) mass is 299 g/mol. The Hall–Kier alpha value is -1.85. The van der Waals surface area contributed by atoms with Gasteiger partial charge in [0.15, 0.2) is 5.16 Å². The van der Waals surface area contributed by atoms with Gasteiger partial charge in [-0.15, -0.1) is 10.2 Å². The Bertz CT molecular complexity index is 749. The van der Waals surface area contributed by atoms with Crippen LogP contribution in [-0.4, -0.2) is 32.7 Å². The SMILES string of the molecule is CSc1nnc(CCCO)n1-c1cccc2ccccc12. The zero-order valence-corrected chi connectivity index (χ0v) is 12.7. The van der Waals surface area contributed by atoms with Crippen molar-refractivity contribution in [2.45, 2.75) is 18.0 Å². The highest BCUT2D eigenvalue weighted by Gasteiger charge is 2.14. The lowest BCUT2D eigenvalue weighted by molar-refractivity contribution is 0.287. The van der Waals surface area contributed by atoms with E-state index in [1.807, 2.05) is 18.4 Å². The van der Waals surface area contributed by atoms with E-state index in [1.54, 1.807) is 11.8 Å². The molecule has 21 heavy (non-hydrogen) atoms. The first-order valence-electron chi connectivity index (χ1n) is 6.92. The minimum atomic E-state index is 0.164. The van der Waals surface area contributed by atoms with Crippen molar-refractivity contribution in [3.63, 3.8) is 0 Å². The molecule has 0 radical (unpaired) electrons. The average Bonchev–Trinajstić information content (AvgIpc) is 2.95. The predicted octanol–water partition coefficient (Wildman–Crippen LogP) is 3.07. The van der Waals surface area contributed by atoms with Crippen LogP contribution < -0.4 is 0 Å². The van der Waals surface area contributed by atoms with Crippen molar-refractivity contribution in [3.8, 4) is 5.69 Å². The van der Waals surface area contributed by atoms with E-state index in [0.29, 0.717) is 12.8 Å². The summed E-state index contributed by atoms with van der Waals surface area (Å²) in [6.45, 7) is 0.164. The summed E-state index contributed by atoms with van der Waals surface area (Å²) in [5.74, 6) is 0.893. The van der Waals surface area contributed by atoms with Crippen molar-refractivity contribution in [1.82, 2.24) is 14.8 Å². The Labute approximate surface area is 127 Å². The normalized spacial score (nSPS) is 11.1. The Kier molecular flexibility index (Phi) is 4.22. The number of fused-ring (bicyclic) bond motifs is 1. The third-order valence-corrected chi connectivity index (χ3v) is 4.08. The summed E-state index contributed by atoms with van der Waals surface area (Å²) in [6.07, 6.45) is 3.41. The Morgan fingerprint density at radius 1 is 1.10 bits per heavy atom. The molecule has 1 heterocycles. The summed E-state index contributed by atoms with van der Waals surface area (Å²) in [7, 11) is 0. The molecule has 0 bridgehead atoms. The zero-order valence-electron chi connectivity index (χ0n) is 11.9. The second-order valence-electron chi connectivity index (χ2n) is 4.76. The van der Waals surface area contributed by atoms with Crippen LogP contribution in [0.2, 0.25) is 0 Å². The van der Waals surface area contributed by atoms with Gasteiger partial charge in [-0.1, -0.05) is 48.2 Å². The Balaban J connectivity index is 2.19. The average molecular weight is 299 g/mol. The number of aromatic nitrogens is 3. The third kappa shape index (κ3) is 2.66. The van der Waals surface area contributed by atoms with Crippen LogP contribution >= 0.6 is 11.8 Å². The lowest BCUT2D eigenvalue weighted by Crippen LogP contribution is -2.04. The van der Waals surface area contributed by atoms with Gasteiger partial charge in [0.05, 0.1) is 5.69 Å². The van der Waals surface area contributed by atoms with Gasteiger partial charge in [0.2, 0.25) is 0 Å². The number of benzene rings is 2. The van der Waals surface area contributed by atoms with E-state index in [2.05, 4.69) is 45.1 Å². The molecule has 0 spiro atoms. The minimum absolute atomic E-state index is 0.164. The van der Waals surface area contributed by atoms with E-state index in [9.17, 15) is 0 Å². The predicted molar refractivity (Wildman–Crippen MR) is 86.1 cm³/mol. The van der Waals surface area contributed by atoms with Crippen LogP contribution in [0.1, 0.15) is 12.2 Å². The van der Waals surface area contributed by atoms with Crippen LogP contribution in [0.15, 0.2) is 47.6 Å². The topological polar surface area (TPSA) is 50.9 Å². The molecule has 0 unspecified atom stereocenters. The molecule has 0 saturated carbocycles. The summed E-state index contributed by atoms with van der Waals surface area (Å²) in [5, 5.41) is 20.9. The summed E-state index contributed by atoms with van der Waals surface area (Å²) >= 11 is 1.58. The maximum Gasteiger partial charge on any atom is 0.195 e. The van der Waals surface area contributed by atoms with Crippen molar-refractivity contribution in [2.24, 2.45) is 0 Å². The summed E-state index contributed by atoms with van der Waals surface area (Å²) in [6, 6.07) is 14.6. The maximum absolute atomic E-state index is 9.06. The molecule has 2 aromatic carbocycles. The van der Waals surface area contributed by atoms with E-state index in [1.165, 1.54) is 10.8 Å². The molecule has 5 heteroatoms. The molecule has 4 nitrogen and oxygen atoms in total. The Morgan fingerprint density at radius 2 is 1.90 bits per heavy atom. The number of aliphatic hydroxyl groups excluding tert-OH is 1. The minimum Gasteiger partial charge on any atom is -0.396 e. The number of nitrogens with zero attached hydrogens (tertiary/aromatic N) is 3. The van der Waals surface area contributed by atoms with Crippen molar-refractivity contribution in [3.05, 3.63) is 48.3 Å². The lowest BCUT2D eigenvalue weighted by Gasteiger charge is -2.12. The van der Waals surface area contributed by atoms with E-state index < -0.39 is 0 Å². The molecule has 0 saturated heterocycles. The number of rotatable bonds is 5. The first kappa shape index (κ1) is 14.1. The summed E-state index contributed by atoms with van der Waals surface area (Å²) in [4.78, 5) is 0. The molecule has 0 aliphatic heterocycles. The van der Waals surface area contributed by atoms with Gasteiger partial charge in [0.1, 0.15) is 5.82 Å². The molecule has 0 amide bonds. The maximum atomic E-state index is 9.06. The van der Waals surface area contributed by atoms with Crippen molar-refractivity contribution in [1.29, 1.82) is 0 Å². The highest BCUT2D eigenvalue weighted by Crippen LogP contribution is 2.27. The van der Waals surface area contributed by atoms with Gasteiger partial charge in [-0.2, -0.15) is 0 Å². The van der Waals surface area contributed by atoms with Gasteiger partial charge in [-0.3, -0.25) is 4.57 Å². The standard InChI is InChI=1S/C16H17N3OS/c1-21-16-18-17-15(10-5-11-20)19(16)14-9-4-7-12-6-2-3-8-13(12)14/h2-4,6-9,20H,5,10-11H2,1H3. The quantitative estimate of drug-likeness (QED) is 0.736. The van der Waals surface area contributed by atoms with Crippen LogP contribution in [0, 0.1) is 0 Å². The van der Waals surface area contributed by atoms with Gasteiger partial charge in [-0.25, -0.2) is 0 Å². The van der Waals surface area contributed by atoms with Gasteiger partial charge in [-0.05, 0) is 24.1 Å². The van der Waals surface area contributed by atoms with Crippen molar-refractivity contribution < 1.29 is 5.11 Å². The molecular weight excluding hydrogens is 282 g/mol. The lowest BCUT2D eigenvalue weighted by atomic mass is 10.1. The molecule has 3 rings (SSSR count). The fraction of sp³-hybridized carbons (Fsp3) is 0.250. The van der Waals surface area contributed by atoms with Crippen molar-refractivity contribution in [2.75, 3.05) is 12.9 Å². The van der Waals surface area contributed by atoms with Crippen LogP contribution in [0.3, 0.4) is 0 Å². The van der Waals surface area contributed by atoms with E-state index >= 15 is 0 Å². The zero-order chi connectivity index (χ0) is 14.7. The molecule has 0 aliphatic rings. The van der Waals surface area contributed by atoms with Crippen LogP contribution in [0.4, 0.5) is 0 Å². The molecule has 1 N–H and O–H groups in total. The van der Waals surface area contributed by atoms with Gasteiger partial charge >= 0.3 is 0 Å². The second-order valence-corrected chi connectivity index (χ2v) is 5.54. The summed E-state index contributed by atoms with van der Waals surface area (Å²) in [5.41, 5.74) is 1.09. The van der Waals surface area contributed by atoms with Crippen LogP contribution in [-0.2, 0) is 6.42 Å². The molecule has 0 atom stereocenters. The van der Waals surface area contributed by atoms with E-state index in [0.717, 1.165) is 16.7 Å². The highest BCUT2D eigenvalue weighted by atomic mass is 32.2. The molecule has 0 fully saturated rings. The Morgan fingerprint density at radius 3 is 2.71 bits per heavy atom. The third-order valence-electron chi connectivity index (χ3n) is 3.45. The number of thioether (sulfide) groups is 1. The van der Waals surface area contributed by atoms with E-state index in [-0.39, 0.29) is 6.61 Å². The number of aryl methyl sites for hydroxylation is 1. The van der Waals surface area contributed by atoms with Gasteiger partial charge in [0, 0.05) is 18.4 Å². The van der Waals surface area contributed by atoms with Crippen LogP contribution in [0.25, 0.3) is 16.5 Å². The number of aliphatic hydroxyl groups is 1. The van der Waals surface area contributed by atoms with Gasteiger partial charge in [0.25, 0.3) is 0 Å². The molecule has 108 valence electrons. The van der Waals surface area contributed by atoms with Gasteiger partial charge < -0.3 is 5.11 Å². The smallest absolute Gasteiger partial charge is 0.195 e. The fourth-order valence-corrected chi connectivity index (χ4v) is 2.99. The second kappa shape index (κ2) is 6.28. The number of hydrogen-bond acceptors (Lipinski definition) is 4. The van der Waals surface area contributed by atoms with Crippen molar-refractivity contribution >= 4 is 22.5 Å². The molecule has 0 aliphatic carbocycles. The first-order chi connectivity index (χ1) is 10.3. The molecule has 3 aromatic rings. The highest BCUT2D eigenvalue weighted by molar-refractivity contribution is 7.98. The van der Waals surface area contributed by atoms with E-state index in [4.69, 9.17) is 5.11 Å². The first-order valence-corrected chi connectivity index (χ1v) is 8.15. The molecule has 1 aromatic heterocycles. The molecular formula is C16H17N3OS. The summed E-state index contributed by atoms with van der Waals surface area (Å²) < 4.78 is 2.10. The number of hydrogen-bond donors (Lipinski definition) is 1. The largest absolute Gasteiger partial charge is 0.396 e. The fourth-order valence-electron chi connectivity index (χ4n) is 2.48.